The Kier molecular flexibility index (Phi) is 6.32. The van der Waals surface area contributed by atoms with Gasteiger partial charge in [0.25, 0.3) is 0 Å². The molecule has 0 heterocycles. The first-order chi connectivity index (χ1) is 4.85. The van der Waals surface area contributed by atoms with Gasteiger partial charge in [-0.25, -0.2) is 0 Å². The van der Waals surface area contributed by atoms with E-state index in [9.17, 15) is 0 Å². The summed E-state index contributed by atoms with van der Waals surface area (Å²) in [6, 6.07) is 0.626. The summed E-state index contributed by atoms with van der Waals surface area (Å²) < 4.78 is 0. The van der Waals surface area contributed by atoms with Gasteiger partial charge in [0.05, 0.1) is 0 Å². The molecule has 1 N–H and O–H groups in total. The summed E-state index contributed by atoms with van der Waals surface area (Å²) in [5, 5.41) is 3.37. The molecule has 58 valence electrons. The van der Waals surface area contributed by atoms with E-state index < -0.39 is 0 Å². The highest BCUT2D eigenvalue weighted by Crippen LogP contribution is 1.99. The monoisotopic (exact) mass is 139 g/mol. The van der Waals surface area contributed by atoms with Crippen LogP contribution in [0.4, 0.5) is 0 Å². The van der Waals surface area contributed by atoms with Crippen LogP contribution in [0.25, 0.3) is 0 Å². The predicted molar refractivity (Wildman–Crippen MR) is 45.8 cm³/mol. The molecule has 10 heavy (non-hydrogen) atoms. The van der Waals surface area contributed by atoms with E-state index >= 15 is 0 Å². The Morgan fingerprint density at radius 2 is 2.20 bits per heavy atom. The quantitative estimate of drug-likeness (QED) is 0.573. The van der Waals surface area contributed by atoms with Crippen LogP contribution in [0.5, 0.6) is 0 Å². The minimum absolute atomic E-state index is 0.626. The number of rotatable bonds is 5. The van der Waals surface area contributed by atoms with E-state index in [1.807, 2.05) is 0 Å². The Morgan fingerprint density at radius 1 is 1.50 bits per heavy atom. The van der Waals surface area contributed by atoms with Crippen molar-refractivity contribution in [1.82, 2.24) is 5.32 Å². The molecule has 0 fully saturated rings. The van der Waals surface area contributed by atoms with Crippen LogP contribution in [-0.4, -0.2) is 12.6 Å². The van der Waals surface area contributed by atoms with Gasteiger partial charge in [-0.1, -0.05) is 13.8 Å². The SMILES string of the molecule is C#CCCC(CC)NCC. The van der Waals surface area contributed by atoms with Crippen molar-refractivity contribution in [3.63, 3.8) is 0 Å². The van der Waals surface area contributed by atoms with Crippen molar-refractivity contribution in [3.05, 3.63) is 0 Å². The zero-order chi connectivity index (χ0) is 7.82. The molecule has 0 aromatic carbocycles. The fourth-order valence-corrected chi connectivity index (χ4v) is 0.997. The van der Waals surface area contributed by atoms with Gasteiger partial charge in [-0.2, -0.15) is 0 Å². The molecular formula is C9H17N. The predicted octanol–water partition coefficient (Wildman–Crippen LogP) is 1.79. The maximum atomic E-state index is 5.15. The highest BCUT2D eigenvalue weighted by atomic mass is 14.9. The molecule has 1 atom stereocenters. The molecule has 1 nitrogen and oxygen atoms in total. The summed E-state index contributed by atoms with van der Waals surface area (Å²) in [6.45, 7) is 5.35. The van der Waals surface area contributed by atoms with Crippen LogP contribution in [0.15, 0.2) is 0 Å². The molecule has 0 spiro atoms. The molecule has 1 heteroatoms. The second kappa shape index (κ2) is 6.64. The highest BCUT2D eigenvalue weighted by molar-refractivity contribution is 4.85. The molecule has 0 rings (SSSR count). The topological polar surface area (TPSA) is 12.0 Å². The Balaban J connectivity index is 3.32. The van der Waals surface area contributed by atoms with Gasteiger partial charge in [-0.3, -0.25) is 0 Å². The number of terminal acetylenes is 1. The molecule has 0 aliphatic heterocycles. The van der Waals surface area contributed by atoms with Gasteiger partial charge in [-0.15, -0.1) is 12.3 Å². The summed E-state index contributed by atoms with van der Waals surface area (Å²) in [5.41, 5.74) is 0. The van der Waals surface area contributed by atoms with E-state index in [2.05, 4.69) is 25.1 Å². The van der Waals surface area contributed by atoms with Gasteiger partial charge in [0.2, 0.25) is 0 Å². The Labute approximate surface area is 64.2 Å². The number of hydrogen-bond donors (Lipinski definition) is 1. The fraction of sp³-hybridized carbons (Fsp3) is 0.778. The lowest BCUT2D eigenvalue weighted by Crippen LogP contribution is -2.27. The maximum Gasteiger partial charge on any atom is 0.0101 e. The van der Waals surface area contributed by atoms with Crippen molar-refractivity contribution in [1.29, 1.82) is 0 Å². The average molecular weight is 139 g/mol. The van der Waals surface area contributed by atoms with E-state index in [-0.39, 0.29) is 0 Å². The van der Waals surface area contributed by atoms with Crippen LogP contribution in [0, 0.1) is 12.3 Å². The zero-order valence-corrected chi connectivity index (χ0v) is 6.98. The van der Waals surface area contributed by atoms with Crippen LogP contribution in [-0.2, 0) is 0 Å². The lowest BCUT2D eigenvalue weighted by Gasteiger charge is -2.13. The number of hydrogen-bond acceptors (Lipinski definition) is 1. The first kappa shape index (κ1) is 9.52. The molecule has 0 radical (unpaired) electrons. The molecular weight excluding hydrogens is 122 g/mol. The third-order valence-corrected chi connectivity index (χ3v) is 1.62. The minimum atomic E-state index is 0.626. The molecule has 0 aliphatic carbocycles. The van der Waals surface area contributed by atoms with Crippen molar-refractivity contribution in [2.45, 2.75) is 39.2 Å². The Bertz CT molecular complexity index is 102. The van der Waals surface area contributed by atoms with E-state index in [1.54, 1.807) is 0 Å². The Morgan fingerprint density at radius 3 is 2.60 bits per heavy atom. The molecule has 0 saturated carbocycles. The van der Waals surface area contributed by atoms with E-state index in [1.165, 1.54) is 6.42 Å². The van der Waals surface area contributed by atoms with Gasteiger partial charge in [0.1, 0.15) is 0 Å². The van der Waals surface area contributed by atoms with Crippen molar-refractivity contribution in [3.8, 4) is 12.3 Å². The second-order valence-corrected chi connectivity index (χ2v) is 2.41. The van der Waals surface area contributed by atoms with Crippen LogP contribution < -0.4 is 5.32 Å². The summed E-state index contributed by atoms with van der Waals surface area (Å²) in [6.07, 6.45) is 8.33. The number of nitrogens with one attached hydrogen (secondary N) is 1. The highest BCUT2D eigenvalue weighted by Gasteiger charge is 2.00. The fourth-order valence-electron chi connectivity index (χ4n) is 0.997. The normalized spacial score (nSPS) is 12.5. The molecule has 0 aromatic rings. The lowest BCUT2D eigenvalue weighted by atomic mass is 10.1. The lowest BCUT2D eigenvalue weighted by molar-refractivity contribution is 0.487. The zero-order valence-electron chi connectivity index (χ0n) is 6.98. The molecule has 0 aromatic heterocycles. The van der Waals surface area contributed by atoms with Crippen LogP contribution in [0.3, 0.4) is 0 Å². The smallest absolute Gasteiger partial charge is 0.0101 e. The molecule has 0 amide bonds. The summed E-state index contributed by atoms with van der Waals surface area (Å²) in [4.78, 5) is 0. The van der Waals surface area contributed by atoms with Gasteiger partial charge >= 0.3 is 0 Å². The third-order valence-electron chi connectivity index (χ3n) is 1.62. The van der Waals surface area contributed by atoms with Crippen LogP contribution >= 0.6 is 0 Å². The standard InChI is InChI=1S/C9H17N/c1-4-7-8-9(5-2)10-6-3/h1,9-10H,5-8H2,2-3H3. The van der Waals surface area contributed by atoms with Gasteiger partial charge in [-0.05, 0) is 19.4 Å². The van der Waals surface area contributed by atoms with Crippen molar-refractivity contribution in [2.75, 3.05) is 6.54 Å². The van der Waals surface area contributed by atoms with E-state index in [0.29, 0.717) is 6.04 Å². The van der Waals surface area contributed by atoms with Crippen molar-refractivity contribution >= 4 is 0 Å². The second-order valence-electron chi connectivity index (χ2n) is 2.41. The third kappa shape index (κ3) is 4.40. The average Bonchev–Trinajstić information content (AvgIpc) is 1.98. The maximum absolute atomic E-state index is 5.15. The minimum Gasteiger partial charge on any atom is -0.314 e. The van der Waals surface area contributed by atoms with Gasteiger partial charge < -0.3 is 5.32 Å². The van der Waals surface area contributed by atoms with Crippen molar-refractivity contribution < 1.29 is 0 Å². The van der Waals surface area contributed by atoms with Gasteiger partial charge in [0, 0.05) is 12.5 Å². The first-order valence-electron chi connectivity index (χ1n) is 4.02. The summed E-state index contributed by atoms with van der Waals surface area (Å²) in [5.74, 6) is 2.65. The summed E-state index contributed by atoms with van der Waals surface area (Å²) >= 11 is 0. The Hall–Kier alpha value is -0.480. The van der Waals surface area contributed by atoms with Crippen molar-refractivity contribution in [2.24, 2.45) is 0 Å². The van der Waals surface area contributed by atoms with Gasteiger partial charge in [0.15, 0.2) is 0 Å². The van der Waals surface area contributed by atoms with Crippen LogP contribution in [0.2, 0.25) is 0 Å². The first-order valence-corrected chi connectivity index (χ1v) is 4.02. The molecule has 0 saturated heterocycles. The largest absolute Gasteiger partial charge is 0.314 e. The van der Waals surface area contributed by atoms with E-state index in [0.717, 1.165) is 19.4 Å². The summed E-state index contributed by atoms with van der Waals surface area (Å²) in [7, 11) is 0. The molecule has 1 unspecified atom stereocenters. The van der Waals surface area contributed by atoms with Crippen LogP contribution in [0.1, 0.15) is 33.1 Å². The molecule has 0 bridgehead atoms. The van der Waals surface area contributed by atoms with E-state index in [4.69, 9.17) is 6.42 Å². The molecule has 0 aliphatic rings.